The second-order valence-electron chi connectivity index (χ2n) is 8.68. The molecule has 0 unspecified atom stereocenters. The number of carbonyl (C=O) groups is 1. The maximum Gasteiger partial charge on any atom is 2.00 e. The Labute approximate surface area is 227 Å². The Kier molecular flexibility index (Phi) is 32.7. The van der Waals surface area contributed by atoms with E-state index in [9.17, 15) is 4.79 Å². The Hall–Kier alpha value is 0.800. The van der Waals surface area contributed by atoms with Crippen molar-refractivity contribution in [2.75, 3.05) is 27.2 Å². The van der Waals surface area contributed by atoms with Crippen molar-refractivity contribution in [2.45, 2.75) is 116 Å². The van der Waals surface area contributed by atoms with E-state index < -0.39 is 7.82 Å². The Bertz CT molecular complexity index is 428. The van der Waals surface area contributed by atoms with E-state index >= 15 is 0 Å². The van der Waals surface area contributed by atoms with Crippen LogP contribution in [-0.4, -0.2) is 80.6 Å². The summed E-state index contributed by atoms with van der Waals surface area (Å²) in [5.74, 6) is 0.235. The molecule has 0 aliphatic rings. The van der Waals surface area contributed by atoms with Crippen molar-refractivity contribution in [3.63, 3.8) is 0 Å². The van der Waals surface area contributed by atoms with Crippen molar-refractivity contribution in [2.24, 2.45) is 0 Å². The minimum absolute atomic E-state index is 0. The fraction of sp³-hybridized carbons (Fsp3) is 0.957. The standard InChI is InChI=1S/C23H48N2O.Ca.H3O4P/c1-4-5-6-7-8-9-10-11-12-13-14-15-16-17-18-20-23(26)24-21-19-22-25(2)3;;1-5(2,3)4/h4-22H2,1-3H3,(H,24,26);;(H3,1,2,3,4)/q;+2;/p-2. The smallest absolute Gasteiger partial charge is 0.790 e. The van der Waals surface area contributed by atoms with Crippen LogP contribution >= 0.6 is 7.82 Å². The van der Waals surface area contributed by atoms with Gasteiger partial charge in [-0.05, 0) is 33.5 Å². The first-order chi connectivity index (χ1) is 14.7. The van der Waals surface area contributed by atoms with Gasteiger partial charge < -0.3 is 29.5 Å². The fourth-order valence-electron chi connectivity index (χ4n) is 3.37. The summed E-state index contributed by atoms with van der Waals surface area (Å²) in [5.41, 5.74) is 0. The van der Waals surface area contributed by atoms with E-state index in [-0.39, 0.29) is 43.6 Å². The number of unbranched alkanes of at least 4 members (excludes halogenated alkanes) is 14. The molecule has 0 rings (SSSR count). The molecular weight excluding hydrogens is 455 g/mol. The summed E-state index contributed by atoms with van der Waals surface area (Å²) in [7, 11) is -1.01. The van der Waals surface area contributed by atoms with Gasteiger partial charge in [-0.25, -0.2) is 0 Å². The number of nitrogens with zero attached hydrogens (tertiary/aromatic N) is 1. The largest absolute Gasteiger partial charge is 2.00 e. The van der Waals surface area contributed by atoms with Gasteiger partial charge in [0.2, 0.25) is 5.91 Å². The summed E-state index contributed by atoms with van der Waals surface area (Å²) in [6.45, 7) is 4.14. The van der Waals surface area contributed by atoms with Gasteiger partial charge in [-0.3, -0.25) is 4.79 Å². The predicted molar refractivity (Wildman–Crippen MR) is 131 cm³/mol. The van der Waals surface area contributed by atoms with Crippen molar-refractivity contribution in [1.29, 1.82) is 0 Å². The van der Waals surface area contributed by atoms with Crippen LogP contribution in [0.5, 0.6) is 0 Å². The molecule has 0 saturated heterocycles. The summed E-state index contributed by atoms with van der Waals surface area (Å²) < 4.78 is 8.66. The van der Waals surface area contributed by atoms with Crippen LogP contribution in [0.2, 0.25) is 0 Å². The van der Waals surface area contributed by atoms with E-state index in [1.54, 1.807) is 0 Å². The first-order valence-corrected chi connectivity index (χ1v) is 13.8. The first kappa shape index (κ1) is 37.4. The van der Waals surface area contributed by atoms with Crippen LogP contribution in [0, 0.1) is 0 Å². The summed E-state index contributed by atoms with van der Waals surface area (Å²) >= 11 is 0. The van der Waals surface area contributed by atoms with Gasteiger partial charge >= 0.3 is 37.7 Å². The Morgan fingerprint density at radius 1 is 0.781 bits per heavy atom. The van der Waals surface area contributed by atoms with Gasteiger partial charge in [0.15, 0.2) is 0 Å². The maximum atomic E-state index is 11.7. The molecule has 1 amide bonds. The van der Waals surface area contributed by atoms with Crippen LogP contribution in [0.3, 0.4) is 0 Å². The van der Waals surface area contributed by atoms with Crippen LogP contribution in [0.4, 0.5) is 0 Å². The number of hydrogen-bond acceptors (Lipinski definition) is 5. The van der Waals surface area contributed by atoms with E-state index in [0.29, 0.717) is 6.42 Å². The van der Waals surface area contributed by atoms with Gasteiger partial charge in [-0.2, -0.15) is 0 Å². The molecule has 9 heteroatoms. The van der Waals surface area contributed by atoms with Crippen LogP contribution in [-0.2, 0) is 9.36 Å². The molecule has 0 atom stereocenters. The molecule has 0 aromatic carbocycles. The SMILES string of the molecule is CCCCCCCCCCCCCCCCCC(=O)NCCCN(C)C.O=P([O-])([O-])O.[Ca+2]. The van der Waals surface area contributed by atoms with E-state index in [1.165, 1.54) is 89.9 Å². The molecule has 0 aromatic rings. The van der Waals surface area contributed by atoms with E-state index in [0.717, 1.165) is 25.9 Å². The molecule has 2 N–H and O–H groups in total. The quantitative estimate of drug-likeness (QED) is 0.148. The molecule has 0 aromatic heterocycles. The van der Waals surface area contributed by atoms with Crippen LogP contribution in [0.25, 0.3) is 0 Å². The molecule has 0 saturated carbocycles. The topological polar surface area (TPSA) is 116 Å². The minimum Gasteiger partial charge on any atom is -0.790 e. The van der Waals surface area contributed by atoms with E-state index in [4.69, 9.17) is 19.2 Å². The first-order valence-electron chi connectivity index (χ1n) is 12.3. The Morgan fingerprint density at radius 2 is 1.12 bits per heavy atom. The van der Waals surface area contributed by atoms with Gasteiger partial charge in [0, 0.05) is 13.0 Å². The number of nitrogens with one attached hydrogen (secondary N) is 1. The molecule has 0 fully saturated rings. The average Bonchev–Trinajstić information content (AvgIpc) is 2.67. The zero-order valence-electron chi connectivity index (χ0n) is 21.1. The summed E-state index contributed by atoms with van der Waals surface area (Å²) in [4.78, 5) is 38.1. The molecule has 32 heavy (non-hydrogen) atoms. The van der Waals surface area contributed by atoms with Gasteiger partial charge in [0.05, 0.1) is 7.82 Å². The monoisotopic (exact) mass is 504 g/mol. The minimum atomic E-state index is -5.14. The average molecular weight is 505 g/mol. The fourth-order valence-corrected chi connectivity index (χ4v) is 3.37. The number of hydrogen-bond donors (Lipinski definition) is 2. The van der Waals surface area contributed by atoms with Gasteiger partial charge in [0.25, 0.3) is 0 Å². The third-order valence-electron chi connectivity index (χ3n) is 5.11. The molecule has 0 aliphatic carbocycles. The zero-order chi connectivity index (χ0) is 23.8. The van der Waals surface area contributed by atoms with Crippen molar-refractivity contribution in [3.8, 4) is 0 Å². The second-order valence-corrected chi connectivity index (χ2v) is 9.61. The molecule has 0 spiro atoms. The number of phosphoric acid groups is 1. The third-order valence-corrected chi connectivity index (χ3v) is 5.11. The zero-order valence-corrected chi connectivity index (χ0v) is 24.2. The van der Waals surface area contributed by atoms with E-state index in [2.05, 4.69) is 31.2 Å². The van der Waals surface area contributed by atoms with Crippen molar-refractivity contribution in [1.82, 2.24) is 10.2 Å². The molecule has 188 valence electrons. The summed E-state index contributed by atoms with van der Waals surface area (Å²) in [5, 5.41) is 3.02. The van der Waals surface area contributed by atoms with Crippen molar-refractivity contribution >= 4 is 51.5 Å². The van der Waals surface area contributed by atoms with Crippen LogP contribution in [0.1, 0.15) is 116 Å². The Morgan fingerprint density at radius 3 is 1.47 bits per heavy atom. The van der Waals surface area contributed by atoms with Gasteiger partial charge in [-0.15, -0.1) is 0 Å². The van der Waals surface area contributed by atoms with Crippen molar-refractivity contribution < 1.29 is 24.0 Å². The summed E-state index contributed by atoms with van der Waals surface area (Å²) in [6, 6.07) is 0. The number of carbonyl (C=O) groups excluding carboxylic acids is 1. The number of rotatable bonds is 20. The van der Waals surface area contributed by atoms with Crippen LogP contribution < -0.4 is 15.1 Å². The molecule has 0 aliphatic heterocycles. The van der Waals surface area contributed by atoms with Crippen molar-refractivity contribution in [3.05, 3.63) is 0 Å². The predicted octanol–water partition coefficient (Wildman–Crippen LogP) is 3.74. The second kappa shape index (κ2) is 28.0. The van der Waals surface area contributed by atoms with Gasteiger partial charge in [-0.1, -0.05) is 96.8 Å². The molecule has 0 heterocycles. The normalized spacial score (nSPS) is 11.0. The third kappa shape index (κ3) is 44.5. The van der Waals surface area contributed by atoms with E-state index in [1.807, 2.05) is 0 Å². The number of amides is 1. The molecule has 0 radical (unpaired) electrons. The van der Waals surface area contributed by atoms with Gasteiger partial charge in [0.1, 0.15) is 0 Å². The molecule has 7 nitrogen and oxygen atoms in total. The maximum absolute atomic E-state index is 11.7. The molecular formula is C23H49CaN2O5P. The Balaban J connectivity index is -0.00000125. The molecule has 0 bridgehead atoms. The van der Waals surface area contributed by atoms with Crippen LogP contribution in [0.15, 0.2) is 0 Å². The summed E-state index contributed by atoms with van der Waals surface area (Å²) in [6.07, 6.45) is 22.3.